The fraction of sp³-hybridized carbons (Fsp3) is 0.556. The molecule has 0 saturated heterocycles. The fourth-order valence-electron chi connectivity index (χ4n) is 1.41. The van der Waals surface area contributed by atoms with Crippen molar-refractivity contribution in [3.8, 4) is 0 Å². The maximum Gasteiger partial charge on any atom is 0.347 e. The normalized spacial score (nSPS) is 18.5. The van der Waals surface area contributed by atoms with Gasteiger partial charge in [-0.25, -0.2) is 9.78 Å². The number of rotatable bonds is 3. The smallest absolute Gasteiger partial charge is 0.299 e. The van der Waals surface area contributed by atoms with Crippen molar-refractivity contribution in [1.82, 2.24) is 9.55 Å². The molecule has 4 heteroatoms. The molecule has 1 aliphatic carbocycles. The van der Waals surface area contributed by atoms with Gasteiger partial charge in [0, 0.05) is 18.9 Å². The van der Waals surface area contributed by atoms with E-state index in [-0.39, 0.29) is 11.1 Å². The average molecular weight is 196 g/mol. The quantitative estimate of drug-likeness (QED) is 0.731. The van der Waals surface area contributed by atoms with Gasteiger partial charge in [-0.2, -0.15) is 12.6 Å². The van der Waals surface area contributed by atoms with E-state index in [1.165, 1.54) is 19.0 Å². The number of aromatic nitrogens is 2. The first-order valence-corrected chi connectivity index (χ1v) is 5.01. The van der Waals surface area contributed by atoms with Crippen LogP contribution in [0.4, 0.5) is 0 Å². The van der Waals surface area contributed by atoms with E-state index < -0.39 is 0 Å². The molecule has 1 saturated carbocycles. The summed E-state index contributed by atoms with van der Waals surface area (Å²) < 4.78 is 1.67. The molecule has 1 aromatic rings. The van der Waals surface area contributed by atoms with E-state index in [1.807, 2.05) is 0 Å². The van der Waals surface area contributed by atoms with E-state index >= 15 is 0 Å². The van der Waals surface area contributed by atoms with Crippen molar-refractivity contribution in [2.75, 3.05) is 5.75 Å². The minimum atomic E-state index is -0.157. The standard InChI is InChI=1S/C9H12N2OS/c12-8-10-4-1-5-11(8)6-9(7-13)2-3-9/h1,4-5,13H,2-3,6-7H2. The van der Waals surface area contributed by atoms with Crippen LogP contribution in [0.1, 0.15) is 12.8 Å². The molecular weight excluding hydrogens is 184 g/mol. The van der Waals surface area contributed by atoms with Gasteiger partial charge < -0.3 is 0 Å². The summed E-state index contributed by atoms with van der Waals surface area (Å²) in [6.45, 7) is 0.767. The largest absolute Gasteiger partial charge is 0.347 e. The summed E-state index contributed by atoms with van der Waals surface area (Å²) in [6, 6.07) is 1.79. The van der Waals surface area contributed by atoms with E-state index in [9.17, 15) is 4.79 Å². The second-order valence-corrected chi connectivity index (χ2v) is 4.00. The maximum atomic E-state index is 11.3. The first-order chi connectivity index (χ1) is 6.26. The first kappa shape index (κ1) is 8.81. The molecule has 70 valence electrons. The van der Waals surface area contributed by atoms with E-state index in [2.05, 4.69) is 17.6 Å². The van der Waals surface area contributed by atoms with Gasteiger partial charge in [0.15, 0.2) is 0 Å². The Bertz CT molecular complexity index is 357. The van der Waals surface area contributed by atoms with Gasteiger partial charge in [-0.3, -0.25) is 4.57 Å². The lowest BCUT2D eigenvalue weighted by Crippen LogP contribution is -2.26. The van der Waals surface area contributed by atoms with Crippen molar-refractivity contribution < 1.29 is 0 Å². The molecule has 13 heavy (non-hydrogen) atoms. The molecule has 0 radical (unpaired) electrons. The molecule has 0 aromatic carbocycles. The van der Waals surface area contributed by atoms with Gasteiger partial charge in [0.05, 0.1) is 0 Å². The second-order valence-electron chi connectivity index (χ2n) is 3.69. The summed E-state index contributed by atoms with van der Waals surface area (Å²) >= 11 is 4.29. The van der Waals surface area contributed by atoms with Crippen molar-refractivity contribution in [2.45, 2.75) is 19.4 Å². The Morgan fingerprint density at radius 1 is 1.62 bits per heavy atom. The first-order valence-electron chi connectivity index (χ1n) is 4.38. The molecule has 0 spiro atoms. The average Bonchev–Trinajstić information content (AvgIpc) is 2.90. The highest BCUT2D eigenvalue weighted by Crippen LogP contribution is 2.47. The number of nitrogens with zero attached hydrogens (tertiary/aromatic N) is 2. The lowest BCUT2D eigenvalue weighted by Gasteiger charge is -2.12. The van der Waals surface area contributed by atoms with Crippen LogP contribution in [0.3, 0.4) is 0 Å². The van der Waals surface area contributed by atoms with Gasteiger partial charge >= 0.3 is 5.69 Å². The summed E-state index contributed by atoms with van der Waals surface area (Å²) in [5.74, 6) is 0.855. The molecule has 0 aliphatic heterocycles. The molecule has 0 amide bonds. The van der Waals surface area contributed by atoms with Crippen LogP contribution >= 0.6 is 12.6 Å². The molecule has 1 fully saturated rings. The monoisotopic (exact) mass is 196 g/mol. The van der Waals surface area contributed by atoms with Gasteiger partial charge in [0.2, 0.25) is 0 Å². The lowest BCUT2D eigenvalue weighted by molar-refractivity contribution is 0.458. The zero-order valence-electron chi connectivity index (χ0n) is 7.31. The van der Waals surface area contributed by atoms with Crippen LogP contribution in [-0.2, 0) is 6.54 Å². The van der Waals surface area contributed by atoms with Gasteiger partial charge in [-0.05, 0) is 30.1 Å². The second kappa shape index (κ2) is 3.18. The zero-order chi connectivity index (χ0) is 9.31. The molecular formula is C9H12N2OS. The Labute approximate surface area is 82.2 Å². The van der Waals surface area contributed by atoms with E-state index in [0.717, 1.165) is 12.3 Å². The Balaban J connectivity index is 2.19. The lowest BCUT2D eigenvalue weighted by atomic mass is 10.1. The van der Waals surface area contributed by atoms with E-state index in [4.69, 9.17) is 0 Å². The zero-order valence-corrected chi connectivity index (χ0v) is 8.20. The molecule has 1 aromatic heterocycles. The SMILES string of the molecule is O=c1ncccn1CC1(CS)CC1. The van der Waals surface area contributed by atoms with Crippen LogP contribution in [0.2, 0.25) is 0 Å². The topological polar surface area (TPSA) is 34.9 Å². The molecule has 0 bridgehead atoms. The molecule has 2 rings (SSSR count). The third-order valence-corrected chi connectivity index (χ3v) is 3.25. The highest BCUT2D eigenvalue weighted by molar-refractivity contribution is 7.80. The van der Waals surface area contributed by atoms with E-state index in [1.54, 1.807) is 16.8 Å². The minimum Gasteiger partial charge on any atom is -0.299 e. The summed E-state index contributed by atoms with van der Waals surface area (Å²) in [6.07, 6.45) is 5.67. The summed E-state index contributed by atoms with van der Waals surface area (Å²) in [5, 5.41) is 0. The van der Waals surface area contributed by atoms with Gasteiger partial charge in [0.25, 0.3) is 0 Å². The summed E-state index contributed by atoms with van der Waals surface area (Å²) in [5.41, 5.74) is 0.117. The summed E-state index contributed by atoms with van der Waals surface area (Å²) in [4.78, 5) is 15.0. The van der Waals surface area contributed by atoms with Gasteiger partial charge in [-0.15, -0.1) is 0 Å². The number of hydrogen-bond acceptors (Lipinski definition) is 3. The van der Waals surface area contributed by atoms with Crippen molar-refractivity contribution in [2.24, 2.45) is 5.41 Å². The molecule has 0 N–H and O–H groups in total. The number of hydrogen-bond donors (Lipinski definition) is 1. The molecule has 1 aliphatic rings. The van der Waals surface area contributed by atoms with Crippen LogP contribution in [0.25, 0.3) is 0 Å². The Kier molecular flexibility index (Phi) is 2.15. The molecule has 3 nitrogen and oxygen atoms in total. The minimum absolute atomic E-state index is 0.157. The third-order valence-electron chi connectivity index (χ3n) is 2.58. The number of thiol groups is 1. The Morgan fingerprint density at radius 2 is 2.38 bits per heavy atom. The van der Waals surface area contributed by atoms with Crippen LogP contribution in [0.15, 0.2) is 23.3 Å². The molecule has 1 heterocycles. The fourth-order valence-corrected chi connectivity index (χ4v) is 1.83. The van der Waals surface area contributed by atoms with Crippen molar-refractivity contribution >= 4 is 12.6 Å². The highest BCUT2D eigenvalue weighted by Gasteiger charge is 2.41. The van der Waals surface area contributed by atoms with Crippen molar-refractivity contribution in [3.63, 3.8) is 0 Å². The predicted molar refractivity (Wildman–Crippen MR) is 54.0 cm³/mol. The molecule has 0 atom stereocenters. The summed E-state index contributed by atoms with van der Waals surface area (Å²) in [7, 11) is 0. The molecule has 0 unspecified atom stereocenters. The maximum absolute atomic E-state index is 11.3. The Morgan fingerprint density at radius 3 is 2.92 bits per heavy atom. The van der Waals surface area contributed by atoms with E-state index in [0.29, 0.717) is 0 Å². The van der Waals surface area contributed by atoms with Crippen LogP contribution in [-0.4, -0.2) is 15.3 Å². The van der Waals surface area contributed by atoms with Crippen molar-refractivity contribution in [1.29, 1.82) is 0 Å². The highest BCUT2D eigenvalue weighted by atomic mass is 32.1. The van der Waals surface area contributed by atoms with Gasteiger partial charge in [0.1, 0.15) is 0 Å². The van der Waals surface area contributed by atoms with Crippen LogP contribution in [0.5, 0.6) is 0 Å². The van der Waals surface area contributed by atoms with Crippen LogP contribution < -0.4 is 5.69 Å². The predicted octanol–water partition coefficient (Wildman–Crippen LogP) is 0.953. The third kappa shape index (κ3) is 1.77. The Hall–Kier alpha value is -0.770. The van der Waals surface area contributed by atoms with Gasteiger partial charge in [-0.1, -0.05) is 0 Å². The van der Waals surface area contributed by atoms with Crippen LogP contribution in [0, 0.1) is 5.41 Å². The van der Waals surface area contributed by atoms with Crippen molar-refractivity contribution in [3.05, 3.63) is 28.9 Å².